The first-order chi connectivity index (χ1) is 28.6. The van der Waals surface area contributed by atoms with Gasteiger partial charge in [0, 0.05) is 13.0 Å². The Balaban J connectivity index is -0.000000307. The van der Waals surface area contributed by atoms with Gasteiger partial charge in [-0.05, 0) is 84.3 Å². The van der Waals surface area contributed by atoms with Gasteiger partial charge < -0.3 is 47.4 Å². The standard InChI is InChI=1S/C28H61N5O.4C2HF3O2/c1-2-3-4-5-6-7-8-9-10-11-12-13-19-28(34)33-27-18-26-32-25-17-24-31-22-15-14-21-30-23-16-20-29;4*3-2(4,5)1(6)7/h30-32H,2-27,29H2,1H3,(H,33,34);4*(H,6,7). The van der Waals surface area contributed by atoms with E-state index >= 15 is 0 Å². The maximum absolute atomic E-state index is 11.9. The molecule has 0 fully saturated rings. The van der Waals surface area contributed by atoms with Crippen molar-refractivity contribution in [1.29, 1.82) is 0 Å². The topological polar surface area (TPSA) is 240 Å². The number of rotatable bonds is 29. The van der Waals surface area contributed by atoms with E-state index in [1.165, 1.54) is 83.5 Å². The minimum Gasteiger partial charge on any atom is -0.475 e. The second kappa shape index (κ2) is 42.6. The highest BCUT2D eigenvalue weighted by atomic mass is 19.4. The van der Waals surface area contributed by atoms with E-state index in [0.717, 1.165) is 78.0 Å². The maximum Gasteiger partial charge on any atom is 0.490 e. The van der Waals surface area contributed by atoms with Crippen LogP contribution in [0.5, 0.6) is 0 Å². The lowest BCUT2D eigenvalue weighted by Gasteiger charge is -2.08. The number of alkyl halides is 12. The number of carbonyl (C=O) groups is 5. The number of hydrogen-bond acceptors (Lipinski definition) is 9. The van der Waals surface area contributed by atoms with E-state index in [1.54, 1.807) is 0 Å². The third-order valence-corrected chi connectivity index (χ3v) is 7.30. The lowest BCUT2D eigenvalue weighted by atomic mass is 10.0. The van der Waals surface area contributed by atoms with Gasteiger partial charge in [0.05, 0.1) is 0 Å². The van der Waals surface area contributed by atoms with E-state index in [1.807, 2.05) is 0 Å². The largest absolute Gasteiger partial charge is 0.490 e. The van der Waals surface area contributed by atoms with Gasteiger partial charge in [-0.1, -0.05) is 77.6 Å². The quantitative estimate of drug-likeness (QED) is 0.0263. The molecule has 26 heteroatoms. The summed E-state index contributed by atoms with van der Waals surface area (Å²) in [5, 5.41) is 42.0. The van der Waals surface area contributed by atoms with Crippen molar-refractivity contribution in [3.05, 3.63) is 0 Å². The van der Waals surface area contributed by atoms with Gasteiger partial charge in [0.1, 0.15) is 0 Å². The number of aliphatic carboxylic acids is 4. The normalized spacial score (nSPS) is 11.3. The van der Waals surface area contributed by atoms with Gasteiger partial charge in [-0.3, -0.25) is 4.79 Å². The molecule has 0 aromatic rings. The number of nitrogens with two attached hydrogens (primary N) is 1. The van der Waals surface area contributed by atoms with Crippen LogP contribution in [-0.4, -0.2) is 127 Å². The van der Waals surface area contributed by atoms with E-state index in [0.29, 0.717) is 6.42 Å². The Morgan fingerprint density at radius 3 is 0.903 bits per heavy atom. The first kappa shape index (κ1) is 67.4. The molecule has 0 aliphatic carbocycles. The molecule has 0 bridgehead atoms. The van der Waals surface area contributed by atoms with Crippen LogP contribution in [0.25, 0.3) is 0 Å². The summed E-state index contributed by atoms with van der Waals surface area (Å²) in [6.07, 6.45) is 2.07. The number of halogens is 12. The average Bonchev–Trinajstić information content (AvgIpc) is 3.14. The van der Waals surface area contributed by atoms with Crippen LogP contribution in [0, 0.1) is 0 Å². The van der Waals surface area contributed by atoms with Crippen molar-refractivity contribution in [2.75, 3.05) is 52.4 Å². The molecular weight excluding hydrogens is 874 g/mol. The van der Waals surface area contributed by atoms with Crippen molar-refractivity contribution in [3.63, 3.8) is 0 Å². The molecule has 0 aromatic heterocycles. The molecule has 372 valence electrons. The van der Waals surface area contributed by atoms with Gasteiger partial charge in [0.15, 0.2) is 0 Å². The molecule has 0 saturated carbocycles. The lowest BCUT2D eigenvalue weighted by Crippen LogP contribution is -2.28. The second-order valence-corrected chi connectivity index (χ2v) is 13.0. The molecule has 0 atom stereocenters. The summed E-state index contributed by atoms with van der Waals surface area (Å²) in [6.45, 7) is 10.2. The number of amides is 1. The van der Waals surface area contributed by atoms with Gasteiger partial charge in [0.2, 0.25) is 5.91 Å². The Bertz CT molecular complexity index is 1020. The smallest absolute Gasteiger partial charge is 0.475 e. The number of carboxylic acids is 4. The van der Waals surface area contributed by atoms with Gasteiger partial charge in [-0.15, -0.1) is 0 Å². The molecule has 0 aliphatic rings. The van der Waals surface area contributed by atoms with Crippen molar-refractivity contribution >= 4 is 29.8 Å². The fourth-order valence-electron chi connectivity index (χ4n) is 4.10. The fraction of sp³-hybridized carbons (Fsp3) is 0.861. The predicted molar refractivity (Wildman–Crippen MR) is 204 cm³/mol. The Morgan fingerprint density at radius 1 is 0.387 bits per heavy atom. The molecule has 0 heterocycles. The third-order valence-electron chi connectivity index (χ3n) is 7.30. The second-order valence-electron chi connectivity index (χ2n) is 13.0. The zero-order valence-electron chi connectivity index (χ0n) is 34.8. The summed E-state index contributed by atoms with van der Waals surface area (Å²) in [5.74, 6) is -10.8. The lowest BCUT2D eigenvalue weighted by molar-refractivity contribution is -0.193. The molecule has 1 amide bonds. The third kappa shape index (κ3) is 63.0. The molecule has 10 N–H and O–H groups in total. The molecule has 62 heavy (non-hydrogen) atoms. The summed E-state index contributed by atoms with van der Waals surface area (Å²) in [6, 6.07) is 0. The van der Waals surface area contributed by atoms with Crippen LogP contribution < -0.4 is 27.0 Å². The zero-order chi connectivity index (χ0) is 49.1. The molecule has 0 unspecified atom stereocenters. The summed E-state index contributed by atoms with van der Waals surface area (Å²) in [7, 11) is 0. The van der Waals surface area contributed by atoms with Gasteiger partial charge in [-0.25, -0.2) is 19.2 Å². The highest BCUT2D eigenvalue weighted by Crippen LogP contribution is 2.15. The van der Waals surface area contributed by atoms with Gasteiger partial charge in [0.25, 0.3) is 0 Å². The van der Waals surface area contributed by atoms with E-state index < -0.39 is 48.6 Å². The van der Waals surface area contributed by atoms with Crippen LogP contribution in [0.2, 0.25) is 0 Å². The van der Waals surface area contributed by atoms with Crippen LogP contribution in [0.3, 0.4) is 0 Å². The first-order valence-corrected chi connectivity index (χ1v) is 19.9. The Hall–Kier alpha value is -3.65. The first-order valence-electron chi connectivity index (χ1n) is 19.9. The summed E-state index contributed by atoms with van der Waals surface area (Å²) in [5.41, 5.74) is 5.47. The van der Waals surface area contributed by atoms with Gasteiger partial charge >= 0.3 is 48.6 Å². The van der Waals surface area contributed by atoms with E-state index in [-0.39, 0.29) is 5.91 Å². The van der Waals surface area contributed by atoms with E-state index in [2.05, 4.69) is 28.2 Å². The van der Waals surface area contributed by atoms with Crippen molar-refractivity contribution < 1.29 is 97.1 Å². The number of unbranched alkanes of at least 4 members (excludes halogenated alkanes) is 12. The van der Waals surface area contributed by atoms with Crippen molar-refractivity contribution in [1.82, 2.24) is 21.3 Å². The van der Waals surface area contributed by atoms with Crippen molar-refractivity contribution in [3.8, 4) is 0 Å². The van der Waals surface area contributed by atoms with Crippen LogP contribution in [0.4, 0.5) is 52.7 Å². The van der Waals surface area contributed by atoms with Crippen LogP contribution in [0.1, 0.15) is 122 Å². The highest BCUT2D eigenvalue weighted by molar-refractivity contribution is 5.75. The Kier molecular flexibility index (Phi) is 46.4. The SMILES string of the molecule is CCCCCCCCCCCCCCC(=O)NCCCNCCCNCCCCNCCCN.O=C(O)C(F)(F)F.O=C(O)C(F)(F)F.O=C(O)C(F)(F)F.O=C(O)C(F)(F)F. The summed E-state index contributed by atoms with van der Waals surface area (Å²) in [4.78, 5) is 47.5. The van der Waals surface area contributed by atoms with Crippen molar-refractivity contribution in [2.24, 2.45) is 5.73 Å². The maximum atomic E-state index is 11.9. The average molecular weight is 940 g/mol. The number of nitrogens with one attached hydrogen (secondary N) is 4. The fourth-order valence-corrected chi connectivity index (χ4v) is 4.10. The minimum atomic E-state index is -5.08. The van der Waals surface area contributed by atoms with Crippen molar-refractivity contribution in [2.45, 2.75) is 147 Å². The molecule has 0 radical (unpaired) electrons. The predicted octanol–water partition coefficient (Wildman–Crippen LogP) is 7.41. The molecule has 0 saturated heterocycles. The van der Waals surface area contributed by atoms with Crippen LogP contribution in [-0.2, 0) is 24.0 Å². The number of carboxylic acid groups (broad SMARTS) is 4. The molecule has 14 nitrogen and oxygen atoms in total. The number of carbonyl (C=O) groups excluding carboxylic acids is 1. The highest BCUT2D eigenvalue weighted by Gasteiger charge is 2.40. The summed E-state index contributed by atoms with van der Waals surface area (Å²) < 4.78 is 127. The monoisotopic (exact) mass is 939 g/mol. The molecule has 0 rings (SSSR count). The molecule has 0 spiro atoms. The molecule has 0 aliphatic heterocycles. The Morgan fingerprint density at radius 2 is 0.629 bits per heavy atom. The minimum absolute atomic E-state index is 0.228. The molecule has 0 aromatic carbocycles. The zero-order valence-corrected chi connectivity index (χ0v) is 34.8. The van der Waals surface area contributed by atoms with E-state index in [9.17, 15) is 57.5 Å². The number of hydrogen-bond donors (Lipinski definition) is 9. The summed E-state index contributed by atoms with van der Waals surface area (Å²) >= 11 is 0. The molecular formula is C36H65F12N5O9. The van der Waals surface area contributed by atoms with Crippen LogP contribution >= 0.6 is 0 Å². The van der Waals surface area contributed by atoms with Gasteiger partial charge in [-0.2, -0.15) is 52.7 Å². The van der Waals surface area contributed by atoms with E-state index in [4.69, 9.17) is 45.3 Å². The Labute approximate surface area is 353 Å². The van der Waals surface area contributed by atoms with Crippen LogP contribution in [0.15, 0.2) is 0 Å².